The van der Waals surface area contributed by atoms with Crippen LogP contribution in [-0.2, 0) is 32.1 Å². The van der Waals surface area contributed by atoms with E-state index in [1.54, 1.807) is 12.1 Å². The molecule has 0 heterocycles. The highest BCUT2D eigenvalue weighted by atomic mass is 16.5. The van der Waals surface area contributed by atoms with Gasteiger partial charge in [-0.15, -0.1) is 0 Å². The molecule has 234 valence electrons. The maximum absolute atomic E-state index is 12.8. The van der Waals surface area contributed by atoms with E-state index < -0.39 is 48.0 Å². The fourth-order valence-electron chi connectivity index (χ4n) is 3.99. The van der Waals surface area contributed by atoms with Crippen molar-refractivity contribution in [3.8, 4) is 0 Å². The summed E-state index contributed by atoms with van der Waals surface area (Å²) in [6, 6.07) is 14.5. The smallest absolute Gasteiger partial charge is 0.408 e. The van der Waals surface area contributed by atoms with Crippen molar-refractivity contribution in [3.63, 3.8) is 0 Å². The van der Waals surface area contributed by atoms with Crippen LogP contribution in [0.2, 0.25) is 0 Å². The first kappa shape index (κ1) is 34.6. The average molecular weight is 598 g/mol. The highest BCUT2D eigenvalue weighted by Gasteiger charge is 2.26. The Hall–Kier alpha value is -4.65. The number of hydrogen-bond acceptors (Lipinski definition) is 7. The van der Waals surface area contributed by atoms with Crippen molar-refractivity contribution in [2.24, 2.45) is 17.6 Å². The van der Waals surface area contributed by atoms with E-state index in [2.05, 4.69) is 32.3 Å². The predicted molar refractivity (Wildman–Crippen MR) is 160 cm³/mol. The van der Waals surface area contributed by atoms with Crippen molar-refractivity contribution in [1.82, 2.24) is 32.3 Å². The molecule has 0 saturated carbocycles. The van der Waals surface area contributed by atoms with Gasteiger partial charge in [0.2, 0.25) is 5.91 Å². The lowest BCUT2D eigenvalue weighted by Gasteiger charge is -2.23. The number of alkyl carbamates (subject to hydrolysis) is 1. The van der Waals surface area contributed by atoms with Crippen molar-refractivity contribution in [2.75, 3.05) is 0 Å². The van der Waals surface area contributed by atoms with Gasteiger partial charge in [-0.3, -0.25) is 25.2 Å². The Kier molecular flexibility index (Phi) is 14.5. The summed E-state index contributed by atoms with van der Waals surface area (Å²) in [6.07, 6.45) is 0.0667. The molecule has 2 aromatic carbocycles. The van der Waals surface area contributed by atoms with Gasteiger partial charge in [-0.05, 0) is 42.2 Å². The molecular formula is C30H43N7O6. The van der Waals surface area contributed by atoms with Crippen molar-refractivity contribution in [2.45, 2.75) is 71.7 Å². The first-order chi connectivity index (χ1) is 20.4. The summed E-state index contributed by atoms with van der Waals surface area (Å²) in [6.45, 7) is 7.53. The molecule has 6 amide bonds. The molecule has 2 aromatic rings. The molecule has 0 fully saturated rings. The number of rotatable bonds is 13. The van der Waals surface area contributed by atoms with E-state index in [9.17, 15) is 24.0 Å². The van der Waals surface area contributed by atoms with Gasteiger partial charge in [-0.2, -0.15) is 0 Å². The molecule has 2 rings (SSSR count). The third kappa shape index (κ3) is 13.7. The minimum Gasteiger partial charge on any atom is -0.445 e. The van der Waals surface area contributed by atoms with Crippen LogP contribution < -0.4 is 38.1 Å². The Morgan fingerprint density at radius 2 is 1.12 bits per heavy atom. The molecule has 0 spiro atoms. The van der Waals surface area contributed by atoms with Gasteiger partial charge >= 0.3 is 12.1 Å². The summed E-state index contributed by atoms with van der Waals surface area (Å²) in [4.78, 5) is 62.8. The molecule has 3 atom stereocenters. The number of benzene rings is 2. The normalized spacial score (nSPS) is 12.8. The van der Waals surface area contributed by atoms with Crippen molar-refractivity contribution in [3.05, 3.63) is 71.8 Å². The molecule has 0 aromatic heterocycles. The Morgan fingerprint density at radius 1 is 0.651 bits per heavy atom. The minimum atomic E-state index is -0.996. The van der Waals surface area contributed by atoms with Gasteiger partial charge in [-0.1, -0.05) is 88.4 Å². The number of carbonyl (C=O) groups is 5. The summed E-state index contributed by atoms with van der Waals surface area (Å²) in [7, 11) is 0. The molecule has 0 radical (unpaired) electrons. The Balaban J connectivity index is 1.84. The molecular weight excluding hydrogens is 554 g/mol. The van der Waals surface area contributed by atoms with E-state index in [-0.39, 0.29) is 24.9 Å². The summed E-state index contributed by atoms with van der Waals surface area (Å²) in [5.74, 6) is -1.79. The highest BCUT2D eigenvalue weighted by molar-refractivity contribution is 5.91. The number of hydrogen-bond donors (Lipinski definition) is 7. The van der Waals surface area contributed by atoms with Gasteiger partial charge in [0.25, 0.3) is 11.8 Å². The lowest BCUT2D eigenvalue weighted by molar-refractivity contribution is -0.130. The van der Waals surface area contributed by atoms with E-state index in [4.69, 9.17) is 10.5 Å². The molecule has 13 heteroatoms. The summed E-state index contributed by atoms with van der Waals surface area (Å²) in [5.41, 5.74) is 16.4. The summed E-state index contributed by atoms with van der Waals surface area (Å²) in [5, 5.41) is 5.15. The molecule has 0 aliphatic heterocycles. The Labute approximate surface area is 252 Å². The van der Waals surface area contributed by atoms with Crippen LogP contribution in [0.5, 0.6) is 0 Å². The monoisotopic (exact) mass is 597 g/mol. The zero-order valence-corrected chi connectivity index (χ0v) is 25.0. The van der Waals surface area contributed by atoms with E-state index in [0.717, 1.165) is 11.1 Å². The third-order valence-electron chi connectivity index (χ3n) is 6.10. The molecule has 0 saturated heterocycles. The summed E-state index contributed by atoms with van der Waals surface area (Å²) < 4.78 is 5.19. The fraction of sp³-hybridized carbons (Fsp3) is 0.433. The van der Waals surface area contributed by atoms with Crippen molar-refractivity contribution < 1.29 is 28.7 Å². The second kappa shape index (κ2) is 18.0. The number of amides is 6. The van der Waals surface area contributed by atoms with Gasteiger partial charge < -0.3 is 21.1 Å². The number of urea groups is 1. The molecule has 13 nitrogen and oxygen atoms in total. The van der Waals surface area contributed by atoms with Crippen LogP contribution in [0.4, 0.5) is 9.59 Å². The van der Waals surface area contributed by atoms with E-state index in [0.29, 0.717) is 12.8 Å². The molecule has 0 aliphatic carbocycles. The highest BCUT2D eigenvalue weighted by Crippen LogP contribution is 2.08. The van der Waals surface area contributed by atoms with Crippen LogP contribution >= 0.6 is 0 Å². The number of carbonyl (C=O) groups excluding carboxylic acids is 5. The lowest BCUT2D eigenvalue weighted by Crippen LogP contribution is -2.59. The standard InChI is InChI=1S/C30H43N7O6/c1-19(2)15-24(32-26(38)23(31)17-21-11-7-5-8-12-21)27(39)34-36-29(41)37-35-28(40)25(16-20(3)4)33-30(42)43-18-22-13-9-6-10-14-22/h5-14,19-20,23-25H,15-18,31H2,1-4H3,(H,32,38)(H,33,42)(H,34,39)(H,35,40)(H2,36,37,41)/t23-,24-,25-/m0/s1. The predicted octanol–water partition coefficient (Wildman–Crippen LogP) is 1.79. The van der Waals surface area contributed by atoms with Gasteiger partial charge in [0, 0.05) is 0 Å². The Morgan fingerprint density at radius 3 is 1.60 bits per heavy atom. The zero-order valence-electron chi connectivity index (χ0n) is 25.0. The van der Waals surface area contributed by atoms with Gasteiger partial charge in [0.1, 0.15) is 18.7 Å². The average Bonchev–Trinajstić information content (AvgIpc) is 2.97. The lowest BCUT2D eigenvalue weighted by atomic mass is 10.0. The summed E-state index contributed by atoms with van der Waals surface area (Å²) >= 11 is 0. The maximum atomic E-state index is 12.8. The first-order valence-corrected chi connectivity index (χ1v) is 14.2. The molecule has 0 unspecified atom stereocenters. The van der Waals surface area contributed by atoms with Crippen LogP contribution in [-0.4, -0.2) is 48.0 Å². The first-order valence-electron chi connectivity index (χ1n) is 14.2. The number of ether oxygens (including phenoxy) is 1. The largest absolute Gasteiger partial charge is 0.445 e. The topological polar surface area (TPSA) is 193 Å². The number of nitrogens with one attached hydrogen (secondary N) is 6. The SMILES string of the molecule is CC(C)C[C@H](NC(=O)OCc1ccccc1)C(=O)NNC(=O)NNC(=O)[C@H](CC(C)C)NC(=O)[C@@H](N)Cc1ccccc1. The Bertz CT molecular complexity index is 1190. The second-order valence-corrected chi connectivity index (χ2v) is 10.9. The molecule has 43 heavy (non-hydrogen) atoms. The molecule has 8 N–H and O–H groups in total. The van der Waals surface area contributed by atoms with Crippen LogP contribution in [0.15, 0.2) is 60.7 Å². The van der Waals surface area contributed by atoms with Crippen molar-refractivity contribution in [1.29, 1.82) is 0 Å². The van der Waals surface area contributed by atoms with Crippen LogP contribution in [0.1, 0.15) is 51.7 Å². The van der Waals surface area contributed by atoms with Crippen LogP contribution in [0, 0.1) is 11.8 Å². The zero-order chi connectivity index (χ0) is 31.8. The van der Waals surface area contributed by atoms with Crippen LogP contribution in [0.25, 0.3) is 0 Å². The van der Waals surface area contributed by atoms with Gasteiger partial charge in [0.15, 0.2) is 0 Å². The fourth-order valence-corrected chi connectivity index (χ4v) is 3.99. The van der Waals surface area contributed by atoms with Crippen molar-refractivity contribution >= 4 is 29.8 Å². The van der Waals surface area contributed by atoms with Crippen LogP contribution in [0.3, 0.4) is 0 Å². The number of nitrogens with two attached hydrogens (primary N) is 1. The third-order valence-corrected chi connectivity index (χ3v) is 6.10. The van der Waals surface area contributed by atoms with Gasteiger partial charge in [0.05, 0.1) is 6.04 Å². The van der Waals surface area contributed by atoms with E-state index >= 15 is 0 Å². The van der Waals surface area contributed by atoms with E-state index in [1.165, 1.54) is 0 Å². The number of hydrazine groups is 2. The quantitative estimate of drug-likeness (QED) is 0.171. The van der Waals surface area contributed by atoms with E-state index in [1.807, 2.05) is 76.2 Å². The second-order valence-electron chi connectivity index (χ2n) is 10.9. The molecule has 0 bridgehead atoms. The maximum Gasteiger partial charge on any atom is 0.408 e. The van der Waals surface area contributed by atoms with Gasteiger partial charge in [-0.25, -0.2) is 20.4 Å². The minimum absolute atomic E-state index is 0.0280. The molecule has 0 aliphatic rings.